The Morgan fingerprint density at radius 2 is 2.00 bits per heavy atom. The number of hydrogen-bond acceptors (Lipinski definition) is 4. The minimum Gasteiger partial charge on any atom is -0.348 e. The van der Waals surface area contributed by atoms with E-state index in [1.807, 2.05) is 0 Å². The minimum atomic E-state index is -4.49. The van der Waals surface area contributed by atoms with Crippen LogP contribution in [0.4, 0.5) is 24.8 Å². The van der Waals surface area contributed by atoms with Crippen molar-refractivity contribution >= 4 is 29.1 Å². The highest BCUT2D eigenvalue weighted by Crippen LogP contribution is 2.34. The summed E-state index contributed by atoms with van der Waals surface area (Å²) in [7, 11) is 0. The summed E-state index contributed by atoms with van der Waals surface area (Å²) in [6.45, 7) is 0. The van der Waals surface area contributed by atoms with Crippen molar-refractivity contribution in [2.45, 2.75) is 25.1 Å². The first-order valence-corrected chi connectivity index (χ1v) is 7.48. The van der Waals surface area contributed by atoms with Crippen LogP contribution in [-0.2, 0) is 6.18 Å². The molecule has 0 unspecified atom stereocenters. The van der Waals surface area contributed by atoms with Gasteiger partial charge in [0.05, 0.1) is 16.3 Å². The third-order valence-electron chi connectivity index (χ3n) is 3.34. The molecule has 2 N–H and O–H groups in total. The van der Waals surface area contributed by atoms with Crippen LogP contribution in [-0.4, -0.2) is 21.9 Å². The fourth-order valence-electron chi connectivity index (χ4n) is 1.95. The van der Waals surface area contributed by atoms with Gasteiger partial charge in [0.15, 0.2) is 0 Å². The van der Waals surface area contributed by atoms with E-state index in [2.05, 4.69) is 20.6 Å². The Bertz CT molecular complexity index is 778. The number of carbonyl (C=O) groups is 1. The zero-order valence-electron chi connectivity index (χ0n) is 12.2. The van der Waals surface area contributed by atoms with Gasteiger partial charge in [-0.3, -0.25) is 4.79 Å². The summed E-state index contributed by atoms with van der Waals surface area (Å²) in [5.74, 6) is -0.363. The van der Waals surface area contributed by atoms with Gasteiger partial charge in [0.2, 0.25) is 5.95 Å². The normalized spacial score (nSPS) is 14.3. The molecule has 5 nitrogen and oxygen atoms in total. The van der Waals surface area contributed by atoms with Gasteiger partial charge in [-0.15, -0.1) is 0 Å². The standard InChI is InChI=1S/C15H12ClF3N4O/c16-10-4-1-8(15(17,18)19)7-12(10)23-14-20-6-5-11(22-14)13(24)21-9-2-3-9/h1,4-7,9H,2-3H2,(H,21,24)(H,20,22,23). The molecule has 2 aromatic rings. The second-order valence-corrected chi connectivity index (χ2v) is 5.74. The van der Waals surface area contributed by atoms with Crippen LogP contribution in [0.2, 0.25) is 5.02 Å². The fourth-order valence-corrected chi connectivity index (χ4v) is 2.12. The number of alkyl halides is 3. The number of hydrogen-bond donors (Lipinski definition) is 2. The van der Waals surface area contributed by atoms with Crippen molar-refractivity contribution in [3.63, 3.8) is 0 Å². The van der Waals surface area contributed by atoms with Gasteiger partial charge >= 0.3 is 6.18 Å². The molecule has 1 aromatic heterocycles. The average Bonchev–Trinajstić information content (AvgIpc) is 3.32. The molecule has 0 radical (unpaired) electrons. The molecule has 1 aromatic carbocycles. The lowest BCUT2D eigenvalue weighted by Gasteiger charge is -2.12. The number of rotatable bonds is 4. The van der Waals surface area contributed by atoms with Crippen LogP contribution < -0.4 is 10.6 Å². The summed E-state index contributed by atoms with van der Waals surface area (Å²) in [4.78, 5) is 19.9. The molecule has 1 aliphatic carbocycles. The number of aromatic nitrogens is 2. The van der Waals surface area contributed by atoms with Gasteiger partial charge in [-0.2, -0.15) is 13.2 Å². The van der Waals surface area contributed by atoms with Gasteiger partial charge in [0, 0.05) is 12.2 Å². The van der Waals surface area contributed by atoms with Crippen molar-refractivity contribution in [2.75, 3.05) is 5.32 Å². The van der Waals surface area contributed by atoms with E-state index < -0.39 is 11.7 Å². The van der Waals surface area contributed by atoms with E-state index in [9.17, 15) is 18.0 Å². The number of carbonyl (C=O) groups excluding carboxylic acids is 1. The van der Waals surface area contributed by atoms with Crippen LogP contribution in [0.25, 0.3) is 0 Å². The maximum Gasteiger partial charge on any atom is 0.416 e. The Kier molecular flexibility index (Phi) is 4.31. The molecule has 0 aliphatic heterocycles. The summed E-state index contributed by atoms with van der Waals surface area (Å²) < 4.78 is 38.3. The van der Waals surface area contributed by atoms with E-state index in [-0.39, 0.29) is 34.3 Å². The molecule has 1 saturated carbocycles. The Morgan fingerprint density at radius 3 is 2.67 bits per heavy atom. The summed E-state index contributed by atoms with van der Waals surface area (Å²) >= 11 is 5.91. The molecule has 1 amide bonds. The Balaban J connectivity index is 1.82. The number of halogens is 4. The van der Waals surface area contributed by atoms with E-state index in [4.69, 9.17) is 11.6 Å². The molecule has 24 heavy (non-hydrogen) atoms. The second kappa shape index (κ2) is 6.27. The quantitative estimate of drug-likeness (QED) is 0.874. The van der Waals surface area contributed by atoms with Gasteiger partial charge in [-0.05, 0) is 37.1 Å². The van der Waals surface area contributed by atoms with Gasteiger partial charge < -0.3 is 10.6 Å². The van der Waals surface area contributed by atoms with Crippen LogP contribution in [0.5, 0.6) is 0 Å². The van der Waals surface area contributed by atoms with Gasteiger partial charge in [-0.1, -0.05) is 11.6 Å². The third-order valence-corrected chi connectivity index (χ3v) is 3.67. The van der Waals surface area contributed by atoms with Gasteiger partial charge in [0.25, 0.3) is 5.91 Å². The van der Waals surface area contributed by atoms with E-state index in [0.29, 0.717) is 0 Å². The Hall–Kier alpha value is -2.35. The van der Waals surface area contributed by atoms with Crippen molar-refractivity contribution in [3.8, 4) is 0 Å². The zero-order chi connectivity index (χ0) is 17.3. The van der Waals surface area contributed by atoms with Gasteiger partial charge in [-0.25, -0.2) is 9.97 Å². The summed E-state index contributed by atoms with van der Waals surface area (Å²) in [6, 6.07) is 4.48. The predicted octanol–water partition coefficient (Wildman–Crippen LogP) is 3.78. The van der Waals surface area contributed by atoms with Crippen molar-refractivity contribution < 1.29 is 18.0 Å². The largest absolute Gasteiger partial charge is 0.416 e. The van der Waals surface area contributed by atoms with Crippen molar-refractivity contribution in [1.82, 2.24) is 15.3 Å². The summed E-state index contributed by atoms with van der Waals surface area (Å²) in [5, 5.41) is 5.47. The Morgan fingerprint density at radius 1 is 1.25 bits per heavy atom. The van der Waals surface area contributed by atoms with Crippen LogP contribution in [0.3, 0.4) is 0 Å². The van der Waals surface area contributed by atoms with Crippen LogP contribution >= 0.6 is 11.6 Å². The van der Waals surface area contributed by atoms with Crippen molar-refractivity contribution in [1.29, 1.82) is 0 Å². The van der Waals surface area contributed by atoms with Crippen molar-refractivity contribution in [3.05, 3.63) is 46.7 Å². The monoisotopic (exact) mass is 356 g/mol. The third kappa shape index (κ3) is 3.94. The van der Waals surface area contributed by atoms with E-state index >= 15 is 0 Å². The van der Waals surface area contributed by atoms with Crippen LogP contribution in [0.1, 0.15) is 28.9 Å². The molecule has 0 spiro atoms. The molecule has 0 saturated heterocycles. The summed E-state index contributed by atoms with van der Waals surface area (Å²) in [6.07, 6.45) is -1.28. The predicted molar refractivity (Wildman–Crippen MR) is 82.3 cm³/mol. The highest BCUT2D eigenvalue weighted by atomic mass is 35.5. The number of nitrogens with one attached hydrogen (secondary N) is 2. The summed E-state index contributed by atoms with van der Waals surface area (Å²) in [5.41, 5.74) is -0.717. The first-order chi connectivity index (χ1) is 11.3. The molecule has 9 heteroatoms. The molecule has 0 bridgehead atoms. The molecule has 1 aliphatic rings. The Labute approximate surface area is 140 Å². The molecule has 126 valence electrons. The lowest BCUT2D eigenvalue weighted by molar-refractivity contribution is -0.137. The smallest absolute Gasteiger partial charge is 0.348 e. The number of benzene rings is 1. The number of anilines is 2. The highest BCUT2D eigenvalue weighted by Gasteiger charge is 2.31. The molecular formula is C15H12ClF3N4O. The van der Waals surface area contributed by atoms with Crippen molar-refractivity contribution in [2.24, 2.45) is 0 Å². The maximum atomic E-state index is 12.8. The maximum absolute atomic E-state index is 12.8. The van der Waals surface area contributed by atoms with Gasteiger partial charge in [0.1, 0.15) is 5.69 Å². The SMILES string of the molecule is O=C(NC1CC1)c1ccnc(Nc2cc(C(F)(F)F)ccc2Cl)n1. The lowest BCUT2D eigenvalue weighted by Crippen LogP contribution is -2.26. The first kappa shape index (κ1) is 16.5. The average molecular weight is 357 g/mol. The van der Waals surface area contributed by atoms with Crippen LogP contribution in [0, 0.1) is 0 Å². The lowest BCUT2D eigenvalue weighted by atomic mass is 10.2. The first-order valence-electron chi connectivity index (χ1n) is 7.10. The molecule has 3 rings (SSSR count). The number of nitrogens with zero attached hydrogens (tertiary/aromatic N) is 2. The topological polar surface area (TPSA) is 66.9 Å². The van der Waals surface area contributed by atoms with E-state index in [0.717, 1.165) is 31.0 Å². The molecule has 1 fully saturated rings. The molecule has 1 heterocycles. The number of amides is 1. The van der Waals surface area contributed by atoms with E-state index in [1.165, 1.54) is 12.3 Å². The van der Waals surface area contributed by atoms with E-state index in [1.54, 1.807) is 0 Å². The molecule has 0 atom stereocenters. The fraction of sp³-hybridized carbons (Fsp3) is 0.267. The van der Waals surface area contributed by atoms with Crippen LogP contribution in [0.15, 0.2) is 30.5 Å². The highest BCUT2D eigenvalue weighted by molar-refractivity contribution is 6.33. The second-order valence-electron chi connectivity index (χ2n) is 5.33. The minimum absolute atomic E-state index is 0.00578. The zero-order valence-corrected chi connectivity index (χ0v) is 12.9. The molecular weight excluding hydrogens is 345 g/mol.